The Labute approximate surface area is 305 Å². The number of nitrogens with two attached hydrogens (primary N) is 2. The molecule has 10 nitrogen and oxygen atoms in total. The van der Waals surface area contributed by atoms with E-state index in [1.54, 1.807) is 18.2 Å². The SMILES string of the molecule is NS(=O)(=O)c1ccc(-c2n[nH]c(C(F)(F)F)c2-c2ccc(Br)cc2)cc1.NS(=O)(=O)c1ccc(-c2n[nH]c(C(F)(F)F)c2-c2cccc(Cl)c2)cc1. The van der Waals surface area contributed by atoms with Gasteiger partial charge in [-0.25, -0.2) is 27.1 Å². The maximum atomic E-state index is 13.4. The van der Waals surface area contributed by atoms with Crippen LogP contribution in [0.2, 0.25) is 5.02 Å². The third kappa shape index (κ3) is 8.73. The fraction of sp³-hybridized carbons (Fsp3) is 0.0625. The summed E-state index contributed by atoms with van der Waals surface area (Å²) in [5.41, 5.74) is -1.07. The van der Waals surface area contributed by atoms with Crippen LogP contribution in [-0.4, -0.2) is 37.2 Å². The topological polar surface area (TPSA) is 178 Å². The largest absolute Gasteiger partial charge is 0.433 e. The first kappa shape index (κ1) is 38.7. The molecule has 20 heteroatoms. The van der Waals surface area contributed by atoms with Crippen molar-refractivity contribution in [1.29, 1.82) is 0 Å². The Hall–Kier alpha value is -4.53. The molecule has 0 unspecified atom stereocenters. The smallest absolute Gasteiger partial charge is 0.272 e. The number of aromatic nitrogens is 4. The second-order valence-corrected chi connectivity index (χ2v) is 15.3. The first-order valence-corrected chi connectivity index (χ1v) is 18.5. The van der Waals surface area contributed by atoms with E-state index in [9.17, 15) is 43.2 Å². The van der Waals surface area contributed by atoms with E-state index in [0.717, 1.165) is 4.47 Å². The van der Waals surface area contributed by atoms with Crippen LogP contribution in [0.5, 0.6) is 0 Å². The molecule has 0 aliphatic heterocycles. The third-order valence-corrected chi connectivity index (χ3v) is 9.88. The molecule has 0 saturated heterocycles. The highest BCUT2D eigenvalue weighted by atomic mass is 79.9. The van der Waals surface area contributed by atoms with Crippen LogP contribution in [0, 0.1) is 0 Å². The van der Waals surface area contributed by atoms with Crippen LogP contribution in [-0.2, 0) is 32.4 Å². The van der Waals surface area contributed by atoms with Crippen LogP contribution in [0.1, 0.15) is 11.4 Å². The minimum absolute atomic E-state index is 0.0144. The van der Waals surface area contributed by atoms with Gasteiger partial charge in [0.2, 0.25) is 20.0 Å². The fourth-order valence-electron chi connectivity index (χ4n) is 4.94. The minimum Gasteiger partial charge on any atom is -0.272 e. The molecule has 0 aliphatic carbocycles. The predicted molar refractivity (Wildman–Crippen MR) is 184 cm³/mol. The molecule has 0 radical (unpaired) electrons. The highest BCUT2D eigenvalue weighted by molar-refractivity contribution is 9.10. The second-order valence-electron chi connectivity index (χ2n) is 10.8. The van der Waals surface area contributed by atoms with Crippen LogP contribution in [0.3, 0.4) is 0 Å². The summed E-state index contributed by atoms with van der Waals surface area (Å²) in [5, 5.41) is 22.0. The lowest BCUT2D eigenvalue weighted by atomic mass is 9.99. The van der Waals surface area contributed by atoms with Crippen molar-refractivity contribution in [1.82, 2.24) is 20.4 Å². The normalized spacial score (nSPS) is 12.3. The maximum absolute atomic E-state index is 13.4. The van der Waals surface area contributed by atoms with E-state index in [-0.39, 0.29) is 42.9 Å². The molecule has 0 spiro atoms. The van der Waals surface area contributed by atoms with E-state index < -0.39 is 43.8 Å². The van der Waals surface area contributed by atoms with E-state index in [1.165, 1.54) is 78.9 Å². The molecular formula is C32H22BrClF6N6O4S2. The van der Waals surface area contributed by atoms with Gasteiger partial charge in [0.25, 0.3) is 0 Å². The number of nitrogens with zero attached hydrogens (tertiary/aromatic N) is 2. The van der Waals surface area contributed by atoms with Crippen LogP contribution < -0.4 is 10.3 Å². The number of alkyl halides is 6. The molecular weight excluding hydrogens is 826 g/mol. The van der Waals surface area contributed by atoms with Gasteiger partial charge in [-0.2, -0.15) is 36.5 Å². The Morgan fingerprint density at radius 1 is 0.577 bits per heavy atom. The zero-order valence-corrected chi connectivity index (χ0v) is 29.7. The Morgan fingerprint density at radius 3 is 1.33 bits per heavy atom. The minimum atomic E-state index is -4.66. The molecule has 2 aromatic heterocycles. The van der Waals surface area contributed by atoms with E-state index >= 15 is 0 Å². The number of H-pyrrole nitrogens is 2. The van der Waals surface area contributed by atoms with Crippen LogP contribution in [0.25, 0.3) is 44.8 Å². The van der Waals surface area contributed by atoms with Crippen molar-refractivity contribution in [3.8, 4) is 44.8 Å². The molecule has 0 atom stereocenters. The molecule has 6 rings (SSSR count). The van der Waals surface area contributed by atoms with Gasteiger partial charge >= 0.3 is 12.4 Å². The van der Waals surface area contributed by atoms with E-state index in [2.05, 4.69) is 26.1 Å². The summed E-state index contributed by atoms with van der Waals surface area (Å²) < 4.78 is 126. The summed E-state index contributed by atoms with van der Waals surface area (Å²) in [4.78, 5) is -0.296. The quantitative estimate of drug-likeness (QED) is 0.123. The molecule has 0 saturated carbocycles. The first-order chi connectivity index (χ1) is 24.1. The molecule has 6 N–H and O–H groups in total. The first-order valence-electron chi connectivity index (χ1n) is 14.2. The lowest BCUT2D eigenvalue weighted by Crippen LogP contribution is -2.11. The number of hydrogen-bond donors (Lipinski definition) is 4. The van der Waals surface area contributed by atoms with Gasteiger partial charge in [0, 0.05) is 31.7 Å². The maximum Gasteiger partial charge on any atom is 0.433 e. The van der Waals surface area contributed by atoms with Gasteiger partial charge in [0.05, 0.1) is 9.79 Å². The zero-order valence-electron chi connectivity index (χ0n) is 25.8. The fourth-order valence-corrected chi connectivity index (χ4v) is 6.43. The lowest BCUT2D eigenvalue weighted by Gasteiger charge is -2.10. The van der Waals surface area contributed by atoms with Crippen molar-refractivity contribution in [2.24, 2.45) is 10.3 Å². The lowest BCUT2D eigenvalue weighted by molar-refractivity contribution is -0.141. The second kappa shape index (κ2) is 14.5. The van der Waals surface area contributed by atoms with Crippen molar-refractivity contribution in [3.63, 3.8) is 0 Å². The summed E-state index contributed by atoms with van der Waals surface area (Å²) in [5.74, 6) is 0. The Balaban J connectivity index is 0.000000201. The monoisotopic (exact) mass is 846 g/mol. The van der Waals surface area contributed by atoms with Crippen molar-refractivity contribution >= 4 is 47.6 Å². The number of sulfonamides is 2. The molecule has 6 aromatic rings. The van der Waals surface area contributed by atoms with Crippen molar-refractivity contribution < 1.29 is 43.2 Å². The number of halogens is 8. The van der Waals surface area contributed by atoms with Crippen LogP contribution in [0.15, 0.2) is 111 Å². The summed E-state index contributed by atoms with van der Waals surface area (Å²) in [6.45, 7) is 0. The van der Waals surface area contributed by atoms with Gasteiger partial charge in [-0.1, -0.05) is 76.1 Å². The van der Waals surface area contributed by atoms with Gasteiger partial charge in [-0.05, 0) is 59.7 Å². The molecule has 272 valence electrons. The van der Waals surface area contributed by atoms with E-state index in [1.807, 2.05) is 10.2 Å². The van der Waals surface area contributed by atoms with Crippen molar-refractivity contribution in [2.45, 2.75) is 22.1 Å². The van der Waals surface area contributed by atoms with Crippen LogP contribution in [0.4, 0.5) is 26.3 Å². The average molecular weight is 848 g/mol. The number of nitrogens with one attached hydrogen (secondary N) is 2. The highest BCUT2D eigenvalue weighted by Gasteiger charge is 2.39. The number of rotatable bonds is 6. The predicted octanol–water partition coefficient (Wildman–Crippen LogP) is 8.24. The highest BCUT2D eigenvalue weighted by Crippen LogP contribution is 2.43. The number of primary sulfonamides is 2. The Kier molecular flexibility index (Phi) is 10.8. The standard InChI is InChI=1S/C16H11BrF3N3O2S.C16H11ClF3N3O2S/c17-11-5-1-9(2-6-11)13-14(22-23-15(13)16(18,19)20)10-3-7-12(8-4-10)26(21,24)25;17-11-3-1-2-10(8-11)13-14(22-23-15(13)16(18,19)20)9-4-6-12(7-5-9)26(21,24)25/h2*1-8H,(H,22,23)(H2,21,24,25). The van der Waals surface area contributed by atoms with Gasteiger partial charge in [0.15, 0.2) is 0 Å². The third-order valence-electron chi connectivity index (χ3n) is 7.26. The van der Waals surface area contributed by atoms with Gasteiger partial charge < -0.3 is 0 Å². The summed E-state index contributed by atoms with van der Waals surface area (Å²) in [7, 11) is -7.81. The zero-order chi connectivity index (χ0) is 38.2. The Bertz CT molecular complexity index is 2450. The summed E-state index contributed by atoms with van der Waals surface area (Å²) >= 11 is 9.15. The molecule has 0 amide bonds. The van der Waals surface area contributed by atoms with Gasteiger partial charge in [-0.3, -0.25) is 10.2 Å². The van der Waals surface area contributed by atoms with Gasteiger partial charge in [0.1, 0.15) is 22.8 Å². The summed E-state index contributed by atoms with van der Waals surface area (Å²) in [6, 6.07) is 22.5. The number of hydrogen-bond acceptors (Lipinski definition) is 6. The molecule has 2 heterocycles. The average Bonchev–Trinajstić information content (AvgIpc) is 3.71. The van der Waals surface area contributed by atoms with Crippen molar-refractivity contribution in [3.05, 3.63) is 118 Å². The van der Waals surface area contributed by atoms with E-state index in [0.29, 0.717) is 16.7 Å². The van der Waals surface area contributed by atoms with Crippen LogP contribution >= 0.6 is 27.5 Å². The molecule has 0 fully saturated rings. The number of benzene rings is 4. The van der Waals surface area contributed by atoms with Crippen molar-refractivity contribution in [2.75, 3.05) is 0 Å². The Morgan fingerprint density at radius 2 is 0.962 bits per heavy atom. The molecule has 0 aliphatic rings. The van der Waals surface area contributed by atoms with Gasteiger partial charge in [-0.15, -0.1) is 0 Å². The molecule has 0 bridgehead atoms. The molecule has 4 aromatic carbocycles. The summed E-state index contributed by atoms with van der Waals surface area (Å²) in [6.07, 6.45) is -9.29. The molecule has 52 heavy (non-hydrogen) atoms. The number of aromatic amines is 2. The van der Waals surface area contributed by atoms with E-state index in [4.69, 9.17) is 21.9 Å².